The summed E-state index contributed by atoms with van der Waals surface area (Å²) in [6.45, 7) is 9.31. The predicted octanol–water partition coefficient (Wildman–Crippen LogP) is 3.22. The van der Waals surface area contributed by atoms with Crippen LogP contribution in [0.2, 0.25) is 0 Å². The van der Waals surface area contributed by atoms with Gasteiger partial charge in [-0.25, -0.2) is 4.98 Å². The molecule has 0 fully saturated rings. The zero-order valence-electron chi connectivity index (χ0n) is 9.86. The second kappa shape index (κ2) is 4.93. The molecule has 0 atom stereocenters. The van der Waals surface area contributed by atoms with Gasteiger partial charge in [-0.15, -0.1) is 0 Å². The number of aromatic nitrogens is 2. The second-order valence-electron chi connectivity index (χ2n) is 4.31. The monoisotopic (exact) mass is 212 g/mol. The molecule has 0 aliphatic rings. The first kappa shape index (κ1) is 11.7. The molecular formula is C11H21N2P. The van der Waals surface area contributed by atoms with Gasteiger partial charge in [0.25, 0.3) is 0 Å². The molecular weight excluding hydrogens is 191 g/mol. The summed E-state index contributed by atoms with van der Waals surface area (Å²) >= 11 is 0. The normalized spacial score (nSPS) is 12.0. The van der Waals surface area contributed by atoms with Crippen LogP contribution in [-0.4, -0.2) is 20.9 Å². The molecule has 80 valence electrons. The molecule has 0 amide bonds. The van der Waals surface area contributed by atoms with Crippen LogP contribution in [-0.2, 0) is 13.2 Å². The third-order valence-corrected chi connectivity index (χ3v) is 5.87. The molecule has 0 saturated heterocycles. The van der Waals surface area contributed by atoms with Gasteiger partial charge in [-0.05, 0) is 11.3 Å². The molecule has 0 unspecified atom stereocenters. The Kier molecular flexibility index (Phi) is 4.12. The van der Waals surface area contributed by atoms with Crippen molar-refractivity contribution in [1.29, 1.82) is 0 Å². The van der Waals surface area contributed by atoms with Crippen LogP contribution in [0.3, 0.4) is 0 Å². The van der Waals surface area contributed by atoms with Crippen molar-refractivity contribution in [3.8, 4) is 0 Å². The Labute approximate surface area is 88.5 Å². The first-order chi connectivity index (χ1) is 6.52. The Morgan fingerprint density at radius 3 is 2.21 bits per heavy atom. The lowest BCUT2D eigenvalue weighted by atomic mass is 10.5. The van der Waals surface area contributed by atoms with Gasteiger partial charge in [0.1, 0.15) is 5.82 Å². The van der Waals surface area contributed by atoms with E-state index in [0.717, 1.165) is 17.5 Å². The van der Waals surface area contributed by atoms with Gasteiger partial charge < -0.3 is 4.57 Å². The molecule has 0 bridgehead atoms. The quantitative estimate of drug-likeness (QED) is 0.701. The smallest absolute Gasteiger partial charge is 0.112 e. The van der Waals surface area contributed by atoms with E-state index in [0.29, 0.717) is 0 Å². The summed E-state index contributed by atoms with van der Waals surface area (Å²) in [5.74, 6) is 1.23. The number of imidazole rings is 1. The Balaban J connectivity index is 2.70. The van der Waals surface area contributed by atoms with Crippen molar-refractivity contribution in [3.05, 3.63) is 18.2 Å². The van der Waals surface area contributed by atoms with Gasteiger partial charge in [0.2, 0.25) is 0 Å². The molecule has 1 heterocycles. The van der Waals surface area contributed by atoms with E-state index in [1.54, 1.807) is 0 Å². The van der Waals surface area contributed by atoms with E-state index < -0.39 is 0 Å². The van der Waals surface area contributed by atoms with Crippen LogP contribution >= 0.6 is 7.92 Å². The van der Waals surface area contributed by atoms with Gasteiger partial charge in [0.15, 0.2) is 0 Å². The van der Waals surface area contributed by atoms with E-state index in [1.165, 1.54) is 5.82 Å². The molecule has 0 radical (unpaired) electrons. The van der Waals surface area contributed by atoms with Crippen LogP contribution in [0.15, 0.2) is 12.4 Å². The van der Waals surface area contributed by atoms with Gasteiger partial charge in [0.05, 0.1) is 0 Å². The fourth-order valence-electron chi connectivity index (χ4n) is 1.67. The average Bonchev–Trinajstić information content (AvgIpc) is 2.46. The third kappa shape index (κ3) is 2.81. The van der Waals surface area contributed by atoms with Crippen molar-refractivity contribution in [2.45, 2.75) is 45.2 Å². The summed E-state index contributed by atoms with van der Waals surface area (Å²) in [6, 6.07) is 0. The number of nitrogens with zero attached hydrogens (tertiary/aromatic N) is 2. The van der Waals surface area contributed by atoms with Crippen LogP contribution in [0.4, 0.5) is 0 Å². The third-order valence-electron chi connectivity index (χ3n) is 2.57. The molecule has 3 heteroatoms. The summed E-state index contributed by atoms with van der Waals surface area (Å²) in [4.78, 5) is 4.40. The van der Waals surface area contributed by atoms with Gasteiger partial charge in [0, 0.05) is 25.6 Å². The highest BCUT2D eigenvalue weighted by molar-refractivity contribution is 7.58. The maximum absolute atomic E-state index is 4.40. The van der Waals surface area contributed by atoms with Crippen LogP contribution in [0.25, 0.3) is 0 Å². The molecule has 2 nitrogen and oxygen atoms in total. The van der Waals surface area contributed by atoms with Crippen molar-refractivity contribution in [2.24, 2.45) is 7.05 Å². The molecule has 1 aromatic rings. The zero-order valence-corrected chi connectivity index (χ0v) is 10.8. The Hall–Kier alpha value is -0.360. The minimum absolute atomic E-state index is 0.0712. The maximum Gasteiger partial charge on any atom is 0.112 e. The Morgan fingerprint density at radius 2 is 1.86 bits per heavy atom. The largest absolute Gasteiger partial charge is 0.338 e. The minimum Gasteiger partial charge on any atom is -0.338 e. The maximum atomic E-state index is 4.40. The van der Waals surface area contributed by atoms with E-state index in [4.69, 9.17) is 0 Å². The summed E-state index contributed by atoms with van der Waals surface area (Å²) in [6.07, 6.45) is 5.08. The SMILES string of the molecule is CC(C)P(Cc1nccn1C)C(C)C. The topological polar surface area (TPSA) is 17.8 Å². The van der Waals surface area contributed by atoms with Crippen LogP contribution in [0.5, 0.6) is 0 Å². The molecule has 0 aromatic carbocycles. The summed E-state index contributed by atoms with van der Waals surface area (Å²) in [5, 5.41) is 0. The molecule has 14 heavy (non-hydrogen) atoms. The van der Waals surface area contributed by atoms with Gasteiger partial charge in [-0.1, -0.05) is 35.6 Å². The summed E-state index contributed by atoms with van der Waals surface area (Å²) in [5.41, 5.74) is 1.59. The first-order valence-corrected chi connectivity index (χ1v) is 6.90. The highest BCUT2D eigenvalue weighted by Crippen LogP contribution is 2.48. The first-order valence-electron chi connectivity index (χ1n) is 5.24. The van der Waals surface area contributed by atoms with Crippen molar-refractivity contribution in [1.82, 2.24) is 9.55 Å². The number of hydrogen-bond acceptors (Lipinski definition) is 1. The number of rotatable bonds is 4. The van der Waals surface area contributed by atoms with Crippen molar-refractivity contribution >= 4 is 7.92 Å². The Morgan fingerprint density at radius 1 is 1.29 bits per heavy atom. The van der Waals surface area contributed by atoms with Gasteiger partial charge in [-0.3, -0.25) is 0 Å². The molecule has 1 aromatic heterocycles. The van der Waals surface area contributed by atoms with Crippen molar-refractivity contribution < 1.29 is 0 Å². The molecule has 0 spiro atoms. The standard InChI is InChI=1S/C11H21N2P/c1-9(2)14(10(3)4)8-11-12-6-7-13(11)5/h6-7,9-10H,8H2,1-5H3. The zero-order chi connectivity index (χ0) is 10.7. The molecule has 0 N–H and O–H groups in total. The van der Waals surface area contributed by atoms with Gasteiger partial charge >= 0.3 is 0 Å². The molecule has 0 aliphatic carbocycles. The van der Waals surface area contributed by atoms with E-state index >= 15 is 0 Å². The lowest BCUT2D eigenvalue weighted by molar-refractivity contribution is 0.838. The molecule has 0 saturated carbocycles. The van der Waals surface area contributed by atoms with Crippen molar-refractivity contribution in [3.63, 3.8) is 0 Å². The lowest BCUT2D eigenvalue weighted by Crippen LogP contribution is -2.08. The Bertz CT molecular complexity index is 271. The summed E-state index contributed by atoms with van der Waals surface area (Å²) in [7, 11) is 2.15. The highest BCUT2D eigenvalue weighted by Gasteiger charge is 2.18. The van der Waals surface area contributed by atoms with E-state index in [9.17, 15) is 0 Å². The average molecular weight is 212 g/mol. The fourth-order valence-corrected chi connectivity index (χ4v) is 4.23. The highest BCUT2D eigenvalue weighted by atomic mass is 31.1. The molecule has 1 rings (SSSR count). The second-order valence-corrected chi connectivity index (χ2v) is 7.72. The van der Waals surface area contributed by atoms with E-state index in [-0.39, 0.29) is 7.92 Å². The minimum atomic E-state index is 0.0712. The van der Waals surface area contributed by atoms with Crippen LogP contribution < -0.4 is 0 Å². The van der Waals surface area contributed by atoms with E-state index in [2.05, 4.69) is 44.3 Å². The lowest BCUT2D eigenvalue weighted by Gasteiger charge is -2.25. The summed E-state index contributed by atoms with van der Waals surface area (Å²) < 4.78 is 2.14. The number of hydrogen-bond donors (Lipinski definition) is 0. The van der Waals surface area contributed by atoms with E-state index in [1.807, 2.05) is 12.4 Å². The predicted molar refractivity (Wildman–Crippen MR) is 64.1 cm³/mol. The van der Waals surface area contributed by atoms with Gasteiger partial charge in [-0.2, -0.15) is 0 Å². The molecule has 0 aliphatic heterocycles. The van der Waals surface area contributed by atoms with Crippen LogP contribution in [0.1, 0.15) is 33.5 Å². The van der Waals surface area contributed by atoms with Crippen LogP contribution in [0, 0.1) is 0 Å². The number of aryl methyl sites for hydroxylation is 1. The fraction of sp³-hybridized carbons (Fsp3) is 0.727. The van der Waals surface area contributed by atoms with Crippen molar-refractivity contribution in [2.75, 3.05) is 0 Å².